The van der Waals surface area contributed by atoms with E-state index < -0.39 is 5.91 Å². The average Bonchev–Trinajstić information content (AvgIpc) is 2.83. The summed E-state index contributed by atoms with van der Waals surface area (Å²) in [5, 5.41) is 15.2. The molecule has 0 radical (unpaired) electrons. The normalized spacial score (nSPS) is 10.8. The molecule has 0 saturated carbocycles. The first-order chi connectivity index (χ1) is 17.3. The highest BCUT2D eigenvalue weighted by Crippen LogP contribution is 2.35. The maximum absolute atomic E-state index is 12.7. The van der Waals surface area contributed by atoms with Crippen LogP contribution in [-0.2, 0) is 9.59 Å². The van der Waals surface area contributed by atoms with E-state index in [1.165, 1.54) is 6.08 Å². The lowest BCUT2D eigenvalue weighted by Gasteiger charge is -2.15. The third-order valence-corrected chi connectivity index (χ3v) is 5.85. The summed E-state index contributed by atoms with van der Waals surface area (Å²) in [6.45, 7) is 5.82. The Hall–Kier alpha value is -3.84. The van der Waals surface area contributed by atoms with Gasteiger partial charge in [0.2, 0.25) is 0 Å². The molecule has 3 aromatic carbocycles. The SMILES string of the molecule is CCOc1cc(/C=C(\C#N)C(=O)Nc2ccccc2C)cc(I)c1OCC(=O)Nc1cccc(C)c1. The van der Waals surface area contributed by atoms with E-state index in [1.54, 1.807) is 18.2 Å². The average molecular weight is 595 g/mol. The van der Waals surface area contributed by atoms with Crippen molar-refractivity contribution in [2.45, 2.75) is 20.8 Å². The van der Waals surface area contributed by atoms with Gasteiger partial charge in [0, 0.05) is 11.4 Å². The van der Waals surface area contributed by atoms with Gasteiger partial charge >= 0.3 is 0 Å². The summed E-state index contributed by atoms with van der Waals surface area (Å²) >= 11 is 2.08. The fourth-order valence-corrected chi connectivity index (χ4v) is 4.13. The maximum Gasteiger partial charge on any atom is 0.266 e. The Labute approximate surface area is 224 Å². The van der Waals surface area contributed by atoms with Gasteiger partial charge in [0.25, 0.3) is 11.8 Å². The number of nitrogens with zero attached hydrogens (tertiary/aromatic N) is 1. The van der Waals surface area contributed by atoms with Crippen molar-refractivity contribution >= 4 is 51.9 Å². The van der Waals surface area contributed by atoms with Gasteiger partial charge in [0.05, 0.1) is 10.2 Å². The lowest BCUT2D eigenvalue weighted by molar-refractivity contribution is -0.118. The van der Waals surface area contributed by atoms with Gasteiger partial charge in [-0.15, -0.1) is 0 Å². The molecule has 0 aliphatic rings. The van der Waals surface area contributed by atoms with Crippen LogP contribution in [0.1, 0.15) is 23.6 Å². The largest absolute Gasteiger partial charge is 0.490 e. The van der Waals surface area contributed by atoms with Crippen molar-refractivity contribution in [2.24, 2.45) is 0 Å². The quantitative estimate of drug-likeness (QED) is 0.183. The summed E-state index contributed by atoms with van der Waals surface area (Å²) in [6, 6.07) is 20.2. The second-order valence-electron chi connectivity index (χ2n) is 7.91. The van der Waals surface area contributed by atoms with Gasteiger partial charge in [-0.3, -0.25) is 9.59 Å². The Morgan fingerprint density at radius 3 is 2.50 bits per heavy atom. The fourth-order valence-electron chi connectivity index (χ4n) is 3.35. The minimum absolute atomic E-state index is 0.0531. The third-order valence-electron chi connectivity index (χ3n) is 5.05. The zero-order valence-corrected chi connectivity index (χ0v) is 22.4. The monoisotopic (exact) mass is 595 g/mol. The van der Waals surface area contributed by atoms with Gasteiger partial charge in [-0.25, -0.2) is 0 Å². The number of nitriles is 1. The van der Waals surface area contributed by atoms with Crippen LogP contribution in [0.15, 0.2) is 66.2 Å². The summed E-state index contributed by atoms with van der Waals surface area (Å²) in [6.07, 6.45) is 1.49. The first kappa shape index (κ1) is 26.8. The van der Waals surface area contributed by atoms with Gasteiger partial charge in [0.1, 0.15) is 11.6 Å². The summed E-state index contributed by atoms with van der Waals surface area (Å²) in [7, 11) is 0. The van der Waals surface area contributed by atoms with E-state index in [-0.39, 0.29) is 18.1 Å². The van der Waals surface area contributed by atoms with E-state index in [9.17, 15) is 14.9 Å². The van der Waals surface area contributed by atoms with E-state index in [1.807, 2.05) is 69.3 Å². The van der Waals surface area contributed by atoms with Gasteiger partial charge in [-0.2, -0.15) is 5.26 Å². The number of hydrogen-bond donors (Lipinski definition) is 2. The lowest BCUT2D eigenvalue weighted by atomic mass is 10.1. The highest BCUT2D eigenvalue weighted by atomic mass is 127. The van der Waals surface area contributed by atoms with Crippen LogP contribution >= 0.6 is 22.6 Å². The first-order valence-electron chi connectivity index (χ1n) is 11.2. The number of ether oxygens (including phenoxy) is 2. The molecule has 0 heterocycles. The molecule has 3 aromatic rings. The molecule has 184 valence electrons. The zero-order valence-electron chi connectivity index (χ0n) is 20.2. The first-order valence-corrected chi connectivity index (χ1v) is 12.3. The molecular weight excluding hydrogens is 569 g/mol. The number of benzene rings is 3. The number of nitrogens with one attached hydrogen (secondary N) is 2. The van der Waals surface area contributed by atoms with E-state index in [2.05, 4.69) is 33.2 Å². The number of anilines is 2. The number of carbonyl (C=O) groups excluding carboxylic acids is 2. The van der Waals surface area contributed by atoms with Crippen LogP contribution in [0.3, 0.4) is 0 Å². The van der Waals surface area contributed by atoms with Crippen molar-refractivity contribution < 1.29 is 19.1 Å². The number of halogens is 1. The van der Waals surface area contributed by atoms with Crippen LogP contribution in [0.2, 0.25) is 0 Å². The summed E-state index contributed by atoms with van der Waals surface area (Å²) in [5.41, 5.74) is 3.80. The van der Waals surface area contributed by atoms with Crippen LogP contribution in [0.5, 0.6) is 11.5 Å². The van der Waals surface area contributed by atoms with Crippen LogP contribution < -0.4 is 20.1 Å². The Morgan fingerprint density at radius 2 is 1.81 bits per heavy atom. The highest BCUT2D eigenvalue weighted by molar-refractivity contribution is 14.1. The number of hydrogen-bond acceptors (Lipinski definition) is 5. The lowest BCUT2D eigenvalue weighted by Crippen LogP contribution is -2.20. The highest BCUT2D eigenvalue weighted by Gasteiger charge is 2.16. The van der Waals surface area contributed by atoms with Gasteiger partial charge in [-0.1, -0.05) is 30.3 Å². The molecule has 0 aliphatic heterocycles. The van der Waals surface area contributed by atoms with Crippen LogP contribution in [0, 0.1) is 28.7 Å². The molecule has 0 spiro atoms. The molecule has 2 N–H and O–H groups in total. The van der Waals surface area contributed by atoms with Crippen molar-refractivity contribution in [1.82, 2.24) is 0 Å². The van der Waals surface area contributed by atoms with E-state index in [0.29, 0.717) is 38.6 Å². The number of rotatable bonds is 9. The molecular formula is C28H26IN3O4. The summed E-state index contributed by atoms with van der Waals surface area (Å²) < 4.78 is 12.2. The van der Waals surface area contributed by atoms with E-state index in [0.717, 1.165) is 11.1 Å². The number of amides is 2. The van der Waals surface area contributed by atoms with Gasteiger partial charge in [-0.05, 0) is 96.5 Å². The molecule has 8 heteroatoms. The predicted molar refractivity (Wildman–Crippen MR) is 149 cm³/mol. The van der Waals surface area contributed by atoms with E-state index >= 15 is 0 Å². The van der Waals surface area contributed by atoms with Gasteiger partial charge < -0.3 is 20.1 Å². The molecule has 3 rings (SSSR count). The fraction of sp³-hybridized carbons (Fsp3) is 0.179. The molecule has 7 nitrogen and oxygen atoms in total. The second-order valence-corrected chi connectivity index (χ2v) is 9.07. The third kappa shape index (κ3) is 7.33. The molecule has 2 amide bonds. The smallest absolute Gasteiger partial charge is 0.266 e. The minimum atomic E-state index is -0.507. The number of carbonyl (C=O) groups is 2. The van der Waals surface area contributed by atoms with Crippen molar-refractivity contribution in [3.63, 3.8) is 0 Å². The molecule has 0 unspecified atom stereocenters. The Bertz CT molecular complexity index is 1340. The molecule has 0 bridgehead atoms. The predicted octanol–water partition coefficient (Wildman–Crippen LogP) is 5.87. The molecule has 0 saturated heterocycles. The molecule has 0 aliphatic carbocycles. The Morgan fingerprint density at radius 1 is 1.03 bits per heavy atom. The molecule has 0 aromatic heterocycles. The van der Waals surface area contributed by atoms with Gasteiger partial charge in [0.15, 0.2) is 18.1 Å². The van der Waals surface area contributed by atoms with Crippen molar-refractivity contribution in [2.75, 3.05) is 23.8 Å². The summed E-state index contributed by atoms with van der Waals surface area (Å²) in [4.78, 5) is 25.1. The van der Waals surface area contributed by atoms with Crippen LogP contribution in [-0.4, -0.2) is 25.0 Å². The maximum atomic E-state index is 12.7. The van der Waals surface area contributed by atoms with Crippen LogP contribution in [0.25, 0.3) is 6.08 Å². The molecule has 36 heavy (non-hydrogen) atoms. The van der Waals surface area contributed by atoms with Crippen LogP contribution in [0.4, 0.5) is 11.4 Å². The molecule has 0 fully saturated rings. The van der Waals surface area contributed by atoms with Crippen molar-refractivity contribution in [3.8, 4) is 17.6 Å². The molecule has 0 atom stereocenters. The van der Waals surface area contributed by atoms with Crippen molar-refractivity contribution in [1.29, 1.82) is 5.26 Å². The van der Waals surface area contributed by atoms with Crippen molar-refractivity contribution in [3.05, 3.63) is 86.5 Å². The number of para-hydroxylation sites is 1. The Balaban J connectivity index is 1.78. The second kappa shape index (κ2) is 12.7. The zero-order chi connectivity index (χ0) is 26.1. The number of aryl methyl sites for hydroxylation is 2. The minimum Gasteiger partial charge on any atom is -0.490 e. The summed E-state index contributed by atoms with van der Waals surface area (Å²) in [5.74, 6) is 0.0165. The van der Waals surface area contributed by atoms with E-state index in [4.69, 9.17) is 9.47 Å². The topological polar surface area (TPSA) is 100 Å². The Kier molecular flexibility index (Phi) is 9.47. The standard InChI is InChI=1S/C28H26IN3O4/c1-4-35-25-15-20(13-21(16-30)28(34)32-24-11-6-5-9-19(24)3)14-23(29)27(25)36-17-26(33)31-22-10-7-8-18(2)12-22/h5-15H,4,17H2,1-3H3,(H,31,33)(H,32,34)/b21-13+.